The van der Waals surface area contributed by atoms with Crippen LogP contribution < -0.4 is 10.1 Å². The normalized spacial score (nSPS) is 16.9. The molecule has 94 valence electrons. The highest BCUT2D eigenvalue weighted by atomic mass is 19.1. The number of aliphatic hydroxyl groups excluding tert-OH is 1. The first kappa shape index (κ1) is 12.3. The second-order valence-electron chi connectivity index (χ2n) is 4.22. The first-order valence-electron chi connectivity index (χ1n) is 5.64. The van der Waals surface area contributed by atoms with E-state index in [-0.39, 0.29) is 12.4 Å². The lowest BCUT2D eigenvalue weighted by Gasteiger charge is -2.13. The number of halogens is 2. The number of benzene rings is 1. The molecule has 1 atom stereocenters. The monoisotopic (exact) mass is 243 g/mol. The molecule has 0 aliphatic heterocycles. The van der Waals surface area contributed by atoms with E-state index in [9.17, 15) is 13.9 Å². The summed E-state index contributed by atoms with van der Waals surface area (Å²) in [5, 5.41) is 12.7. The van der Waals surface area contributed by atoms with Crippen molar-refractivity contribution in [1.29, 1.82) is 0 Å². The standard InChI is InChI=1S/C12H15F2NO2/c13-8-1-4-11(14)12(5-8)17-7-10(16)6-15-9-2-3-9/h1,4-5,9-10,15-16H,2-3,6-7H2. The van der Waals surface area contributed by atoms with Crippen LogP contribution in [0.25, 0.3) is 0 Å². The number of aliphatic hydroxyl groups is 1. The van der Waals surface area contributed by atoms with Crippen LogP contribution in [0.1, 0.15) is 12.8 Å². The van der Waals surface area contributed by atoms with Gasteiger partial charge in [0.05, 0.1) is 0 Å². The molecular formula is C12H15F2NO2. The lowest BCUT2D eigenvalue weighted by atomic mass is 10.3. The van der Waals surface area contributed by atoms with Gasteiger partial charge in [-0.3, -0.25) is 0 Å². The maximum Gasteiger partial charge on any atom is 0.165 e. The van der Waals surface area contributed by atoms with E-state index in [4.69, 9.17) is 4.74 Å². The molecule has 1 fully saturated rings. The number of hydrogen-bond acceptors (Lipinski definition) is 3. The Balaban J connectivity index is 1.77. The Morgan fingerprint density at radius 1 is 1.41 bits per heavy atom. The average molecular weight is 243 g/mol. The second kappa shape index (κ2) is 5.42. The summed E-state index contributed by atoms with van der Waals surface area (Å²) < 4.78 is 31.0. The Morgan fingerprint density at radius 2 is 2.18 bits per heavy atom. The largest absolute Gasteiger partial charge is 0.488 e. The minimum absolute atomic E-state index is 0.0555. The lowest BCUT2D eigenvalue weighted by Crippen LogP contribution is -2.32. The summed E-state index contributed by atoms with van der Waals surface area (Å²) in [4.78, 5) is 0. The molecule has 1 aromatic carbocycles. The first-order valence-corrected chi connectivity index (χ1v) is 5.64. The Labute approximate surface area is 98.4 Å². The molecule has 2 N–H and O–H groups in total. The molecule has 5 heteroatoms. The SMILES string of the molecule is OC(CNC1CC1)COc1cc(F)ccc1F. The third-order valence-corrected chi connectivity index (χ3v) is 2.54. The van der Waals surface area contributed by atoms with Gasteiger partial charge in [0.15, 0.2) is 11.6 Å². The van der Waals surface area contributed by atoms with Gasteiger partial charge in [0.25, 0.3) is 0 Å². The van der Waals surface area contributed by atoms with Crippen molar-refractivity contribution in [2.75, 3.05) is 13.2 Å². The molecule has 0 saturated heterocycles. The molecule has 1 aliphatic carbocycles. The Morgan fingerprint density at radius 3 is 2.88 bits per heavy atom. The fourth-order valence-electron chi connectivity index (χ4n) is 1.42. The molecule has 17 heavy (non-hydrogen) atoms. The zero-order valence-electron chi connectivity index (χ0n) is 9.33. The predicted octanol–water partition coefficient (Wildman–Crippen LogP) is 1.46. The molecule has 0 radical (unpaired) electrons. The third-order valence-electron chi connectivity index (χ3n) is 2.54. The molecule has 0 bridgehead atoms. The molecule has 0 heterocycles. The second-order valence-corrected chi connectivity index (χ2v) is 4.22. The van der Waals surface area contributed by atoms with E-state index < -0.39 is 17.7 Å². The number of nitrogens with one attached hydrogen (secondary N) is 1. The highest BCUT2D eigenvalue weighted by Gasteiger charge is 2.21. The molecule has 3 nitrogen and oxygen atoms in total. The predicted molar refractivity (Wildman–Crippen MR) is 58.9 cm³/mol. The van der Waals surface area contributed by atoms with E-state index >= 15 is 0 Å². The minimum Gasteiger partial charge on any atom is -0.488 e. The quantitative estimate of drug-likeness (QED) is 0.794. The lowest BCUT2D eigenvalue weighted by molar-refractivity contribution is 0.103. The molecule has 1 aliphatic rings. The van der Waals surface area contributed by atoms with E-state index in [0.29, 0.717) is 12.6 Å². The summed E-state index contributed by atoms with van der Waals surface area (Å²) >= 11 is 0. The van der Waals surface area contributed by atoms with Gasteiger partial charge in [-0.1, -0.05) is 0 Å². The summed E-state index contributed by atoms with van der Waals surface area (Å²) in [7, 11) is 0. The zero-order valence-corrected chi connectivity index (χ0v) is 9.33. The summed E-state index contributed by atoms with van der Waals surface area (Å²) in [5.74, 6) is -1.36. The molecule has 1 aromatic rings. The van der Waals surface area contributed by atoms with Crippen LogP contribution in [0.2, 0.25) is 0 Å². The van der Waals surface area contributed by atoms with Crippen LogP contribution in [0.5, 0.6) is 5.75 Å². The highest BCUT2D eigenvalue weighted by molar-refractivity contribution is 5.24. The maximum absolute atomic E-state index is 13.2. The van der Waals surface area contributed by atoms with Crippen LogP contribution in [0.3, 0.4) is 0 Å². The van der Waals surface area contributed by atoms with Gasteiger partial charge in [0.2, 0.25) is 0 Å². The van der Waals surface area contributed by atoms with Crippen molar-refractivity contribution < 1.29 is 18.6 Å². The van der Waals surface area contributed by atoms with Gasteiger partial charge in [0.1, 0.15) is 18.5 Å². The fraction of sp³-hybridized carbons (Fsp3) is 0.500. The molecule has 1 saturated carbocycles. The average Bonchev–Trinajstić information content (AvgIpc) is 3.11. The van der Waals surface area contributed by atoms with E-state index in [1.165, 1.54) is 0 Å². The summed E-state index contributed by atoms with van der Waals surface area (Å²) in [6.45, 7) is 0.349. The maximum atomic E-state index is 13.2. The van der Waals surface area contributed by atoms with Gasteiger partial charge in [-0.15, -0.1) is 0 Å². The van der Waals surface area contributed by atoms with Gasteiger partial charge >= 0.3 is 0 Å². The van der Waals surface area contributed by atoms with Crippen molar-refractivity contribution in [1.82, 2.24) is 5.32 Å². The van der Waals surface area contributed by atoms with Crippen molar-refractivity contribution in [3.8, 4) is 5.75 Å². The smallest absolute Gasteiger partial charge is 0.165 e. The molecule has 0 aromatic heterocycles. The van der Waals surface area contributed by atoms with Gasteiger partial charge in [-0.2, -0.15) is 0 Å². The van der Waals surface area contributed by atoms with E-state index in [1.54, 1.807) is 0 Å². The van der Waals surface area contributed by atoms with Crippen LogP contribution >= 0.6 is 0 Å². The van der Waals surface area contributed by atoms with Crippen molar-refractivity contribution in [2.45, 2.75) is 25.0 Å². The fourth-order valence-corrected chi connectivity index (χ4v) is 1.42. The minimum atomic E-state index is -0.724. The molecule has 0 amide bonds. The van der Waals surface area contributed by atoms with Crippen LogP contribution in [0, 0.1) is 11.6 Å². The van der Waals surface area contributed by atoms with Crippen LogP contribution in [0.15, 0.2) is 18.2 Å². The van der Waals surface area contributed by atoms with Crippen molar-refractivity contribution >= 4 is 0 Å². The molecule has 0 spiro atoms. The number of ether oxygens (including phenoxy) is 1. The summed E-state index contributed by atoms with van der Waals surface area (Å²) in [6, 6.07) is 3.49. The number of hydrogen-bond donors (Lipinski definition) is 2. The van der Waals surface area contributed by atoms with Crippen molar-refractivity contribution in [3.05, 3.63) is 29.8 Å². The van der Waals surface area contributed by atoms with E-state index in [2.05, 4.69) is 5.32 Å². The highest BCUT2D eigenvalue weighted by Crippen LogP contribution is 2.19. The molecule has 2 rings (SSSR count). The van der Waals surface area contributed by atoms with Crippen molar-refractivity contribution in [3.63, 3.8) is 0 Å². The van der Waals surface area contributed by atoms with Crippen LogP contribution in [-0.4, -0.2) is 30.4 Å². The van der Waals surface area contributed by atoms with Gasteiger partial charge < -0.3 is 15.2 Å². The van der Waals surface area contributed by atoms with Crippen LogP contribution in [-0.2, 0) is 0 Å². The Kier molecular flexibility index (Phi) is 3.91. The Bertz CT molecular complexity index is 383. The van der Waals surface area contributed by atoms with Gasteiger partial charge in [-0.05, 0) is 25.0 Å². The summed E-state index contributed by atoms with van der Waals surface area (Å²) in [6.07, 6.45) is 1.54. The van der Waals surface area contributed by atoms with E-state index in [0.717, 1.165) is 31.0 Å². The third kappa shape index (κ3) is 3.94. The van der Waals surface area contributed by atoms with Crippen LogP contribution in [0.4, 0.5) is 8.78 Å². The van der Waals surface area contributed by atoms with Gasteiger partial charge in [0, 0.05) is 18.7 Å². The zero-order chi connectivity index (χ0) is 12.3. The topological polar surface area (TPSA) is 41.5 Å². The van der Waals surface area contributed by atoms with E-state index in [1.807, 2.05) is 0 Å². The first-order chi connectivity index (χ1) is 8.15. The molecule has 1 unspecified atom stereocenters. The number of rotatable bonds is 6. The van der Waals surface area contributed by atoms with Gasteiger partial charge in [-0.25, -0.2) is 8.78 Å². The molecular weight excluding hydrogens is 228 g/mol. The Hall–Kier alpha value is -1.20. The van der Waals surface area contributed by atoms with Crippen molar-refractivity contribution in [2.24, 2.45) is 0 Å². The summed E-state index contributed by atoms with van der Waals surface area (Å²) in [5.41, 5.74) is 0.